The van der Waals surface area contributed by atoms with Gasteiger partial charge in [0.1, 0.15) is 5.69 Å². The van der Waals surface area contributed by atoms with Crippen molar-refractivity contribution in [3.8, 4) is 11.4 Å². The summed E-state index contributed by atoms with van der Waals surface area (Å²) < 4.78 is 3.05. The predicted molar refractivity (Wildman–Crippen MR) is 114 cm³/mol. The third-order valence-electron chi connectivity index (χ3n) is 3.83. The number of hydrogen-bond donors (Lipinski definition) is 1. The third-order valence-corrected chi connectivity index (χ3v) is 5.20. The second kappa shape index (κ2) is 7.27. The van der Waals surface area contributed by atoms with Gasteiger partial charge < -0.3 is 5.32 Å². The zero-order valence-electron chi connectivity index (χ0n) is 13.7. The van der Waals surface area contributed by atoms with Crippen LogP contribution in [0.2, 0.25) is 0 Å². The zero-order valence-corrected chi connectivity index (χ0v) is 17.8. The number of thiazole rings is 1. The fraction of sp³-hybridized carbons (Fsp3) is 0.111. The van der Waals surface area contributed by atoms with E-state index in [-0.39, 0.29) is 17.0 Å². The van der Waals surface area contributed by atoms with Gasteiger partial charge >= 0.3 is 0 Å². The van der Waals surface area contributed by atoms with Crippen molar-refractivity contribution in [1.82, 2.24) is 14.4 Å². The van der Waals surface area contributed by atoms with Gasteiger partial charge in [-0.2, -0.15) is 0 Å². The number of hydrogen-bond acceptors (Lipinski definition) is 4. The molecule has 0 saturated carbocycles. The van der Waals surface area contributed by atoms with Crippen LogP contribution in [-0.2, 0) is 0 Å². The van der Waals surface area contributed by atoms with Crippen molar-refractivity contribution in [2.24, 2.45) is 0 Å². The Morgan fingerprint density at radius 2 is 1.84 bits per heavy atom. The topological polar surface area (TPSA) is 42.2 Å². The Bertz CT molecular complexity index is 1020. The molecule has 0 bridgehead atoms. The number of imidazole rings is 1. The minimum absolute atomic E-state index is 0. The number of fused-ring (bicyclic) bond motifs is 1. The lowest BCUT2D eigenvalue weighted by Gasteiger charge is -2.03. The molecule has 4 nitrogen and oxygen atoms in total. The van der Waals surface area contributed by atoms with Crippen LogP contribution in [0.15, 0.2) is 52.4 Å². The molecule has 0 spiro atoms. The molecule has 0 unspecified atom stereocenters. The number of aryl methyl sites for hydroxylation is 2. The van der Waals surface area contributed by atoms with Gasteiger partial charge in [-0.05, 0) is 54.0 Å². The van der Waals surface area contributed by atoms with E-state index in [1.807, 2.05) is 25.3 Å². The maximum absolute atomic E-state index is 4.74. The molecule has 0 radical (unpaired) electrons. The second-order valence-electron chi connectivity index (χ2n) is 5.62. The number of nitrogens with zero attached hydrogens (tertiary/aromatic N) is 3. The molecule has 0 amide bonds. The monoisotopic (exact) mass is 478 g/mol. The first kappa shape index (κ1) is 18.1. The molecule has 128 valence electrons. The van der Waals surface area contributed by atoms with Gasteiger partial charge in [0.05, 0.1) is 15.9 Å². The molecule has 1 N–H and O–H groups in total. The van der Waals surface area contributed by atoms with Gasteiger partial charge in [0, 0.05) is 17.3 Å². The van der Waals surface area contributed by atoms with Crippen LogP contribution in [0, 0.1) is 13.8 Å². The van der Waals surface area contributed by atoms with E-state index in [4.69, 9.17) is 4.98 Å². The Balaban J connectivity index is 0.00000182. The van der Waals surface area contributed by atoms with E-state index >= 15 is 0 Å². The lowest BCUT2D eigenvalue weighted by Crippen LogP contribution is -1.92. The highest BCUT2D eigenvalue weighted by molar-refractivity contribution is 9.10. The maximum atomic E-state index is 4.74. The molecule has 4 rings (SSSR count). The summed E-state index contributed by atoms with van der Waals surface area (Å²) in [6.07, 6.45) is 2.02. The van der Waals surface area contributed by atoms with E-state index < -0.39 is 0 Å². The van der Waals surface area contributed by atoms with Crippen LogP contribution in [0.3, 0.4) is 0 Å². The Kier molecular flexibility index (Phi) is 5.27. The number of nitrogens with one attached hydrogen (secondary N) is 1. The second-order valence-corrected chi connectivity index (χ2v) is 7.34. The van der Waals surface area contributed by atoms with Crippen molar-refractivity contribution in [2.45, 2.75) is 13.8 Å². The number of rotatable bonds is 3. The summed E-state index contributed by atoms with van der Waals surface area (Å²) in [5.41, 5.74) is 6.11. The van der Waals surface area contributed by atoms with E-state index in [9.17, 15) is 0 Å². The van der Waals surface area contributed by atoms with Gasteiger partial charge in [-0.25, -0.2) is 9.97 Å². The third kappa shape index (κ3) is 3.49. The smallest absolute Gasteiger partial charge is 0.187 e. The summed E-state index contributed by atoms with van der Waals surface area (Å²) >= 11 is 5.15. The summed E-state index contributed by atoms with van der Waals surface area (Å²) in [5, 5.41) is 6.30. The van der Waals surface area contributed by atoms with E-state index in [0.29, 0.717) is 0 Å². The molecule has 3 aromatic heterocycles. The van der Waals surface area contributed by atoms with Crippen LogP contribution in [-0.4, -0.2) is 14.4 Å². The van der Waals surface area contributed by atoms with Crippen molar-refractivity contribution in [2.75, 3.05) is 5.32 Å². The zero-order chi connectivity index (χ0) is 16.7. The molecule has 3 heterocycles. The molecule has 4 aromatic rings. The van der Waals surface area contributed by atoms with Crippen LogP contribution in [0.1, 0.15) is 11.3 Å². The summed E-state index contributed by atoms with van der Waals surface area (Å²) in [5.74, 6) is 0. The lowest BCUT2D eigenvalue weighted by molar-refractivity contribution is 1.17. The van der Waals surface area contributed by atoms with Gasteiger partial charge in [0.25, 0.3) is 0 Å². The van der Waals surface area contributed by atoms with Gasteiger partial charge in [-0.15, -0.1) is 28.3 Å². The van der Waals surface area contributed by atoms with Crippen LogP contribution < -0.4 is 5.32 Å². The standard InChI is InChI=1S/C18H15BrN4S.BrH/c1-11-5-7-13(8-6-11)21-18-22-15(10-24-18)16-12(2)20-17-14(19)4-3-9-23(16)17;/h3-10H,1-2H3,(H,21,22);1H. The van der Waals surface area contributed by atoms with Crippen molar-refractivity contribution in [1.29, 1.82) is 0 Å². The van der Waals surface area contributed by atoms with Gasteiger partial charge in [0.15, 0.2) is 10.8 Å². The number of benzene rings is 1. The predicted octanol–water partition coefficient (Wildman–Crippen LogP) is 6.16. The minimum atomic E-state index is 0. The normalized spacial score (nSPS) is 10.7. The van der Waals surface area contributed by atoms with Gasteiger partial charge in [0.2, 0.25) is 0 Å². The van der Waals surface area contributed by atoms with Crippen molar-refractivity contribution < 1.29 is 0 Å². The molecular weight excluding hydrogens is 464 g/mol. The Labute approximate surface area is 168 Å². The number of anilines is 2. The highest BCUT2D eigenvalue weighted by Crippen LogP contribution is 2.31. The molecule has 0 saturated heterocycles. The molecule has 0 aliphatic carbocycles. The Morgan fingerprint density at radius 3 is 2.60 bits per heavy atom. The largest absolute Gasteiger partial charge is 0.332 e. The van der Waals surface area contributed by atoms with Crippen LogP contribution >= 0.6 is 44.2 Å². The van der Waals surface area contributed by atoms with E-state index in [2.05, 4.69) is 67.2 Å². The lowest BCUT2D eigenvalue weighted by atomic mass is 10.2. The SMILES string of the molecule is Br.Cc1ccc(Nc2nc(-c3c(C)nc4c(Br)cccn34)cs2)cc1. The summed E-state index contributed by atoms with van der Waals surface area (Å²) in [7, 11) is 0. The maximum Gasteiger partial charge on any atom is 0.187 e. The van der Waals surface area contributed by atoms with Crippen molar-refractivity contribution >= 4 is 60.7 Å². The molecule has 1 aromatic carbocycles. The van der Waals surface area contributed by atoms with Crippen LogP contribution in [0.25, 0.3) is 17.0 Å². The average Bonchev–Trinajstić information content (AvgIpc) is 3.14. The quantitative estimate of drug-likeness (QED) is 0.382. The number of aromatic nitrogens is 3. The van der Waals surface area contributed by atoms with Gasteiger partial charge in [-0.1, -0.05) is 17.7 Å². The average molecular weight is 480 g/mol. The molecule has 0 aliphatic heterocycles. The summed E-state index contributed by atoms with van der Waals surface area (Å²) in [4.78, 5) is 9.39. The molecule has 0 fully saturated rings. The molecular formula is C18H16Br2N4S. The number of pyridine rings is 1. The first-order valence-corrected chi connectivity index (χ1v) is 9.22. The molecule has 25 heavy (non-hydrogen) atoms. The highest BCUT2D eigenvalue weighted by atomic mass is 79.9. The summed E-state index contributed by atoms with van der Waals surface area (Å²) in [6, 6.07) is 12.3. The van der Waals surface area contributed by atoms with Gasteiger partial charge in [-0.3, -0.25) is 4.40 Å². The Hall–Kier alpha value is -1.70. The van der Waals surface area contributed by atoms with Crippen LogP contribution in [0.4, 0.5) is 10.8 Å². The summed E-state index contributed by atoms with van der Waals surface area (Å²) in [6.45, 7) is 4.10. The van der Waals surface area contributed by atoms with Crippen molar-refractivity contribution in [3.05, 3.63) is 63.7 Å². The Morgan fingerprint density at radius 1 is 1.08 bits per heavy atom. The molecule has 0 atom stereocenters. The highest BCUT2D eigenvalue weighted by Gasteiger charge is 2.15. The fourth-order valence-corrected chi connectivity index (χ4v) is 3.80. The van der Waals surface area contributed by atoms with E-state index in [1.54, 1.807) is 11.3 Å². The molecule has 7 heteroatoms. The number of halogens is 2. The first-order valence-electron chi connectivity index (χ1n) is 7.54. The molecule has 0 aliphatic rings. The van der Waals surface area contributed by atoms with Crippen LogP contribution in [0.5, 0.6) is 0 Å². The first-order chi connectivity index (χ1) is 11.6. The minimum Gasteiger partial charge on any atom is -0.332 e. The fourth-order valence-electron chi connectivity index (χ4n) is 2.66. The van der Waals surface area contributed by atoms with Crippen molar-refractivity contribution in [3.63, 3.8) is 0 Å². The van der Waals surface area contributed by atoms with E-state index in [1.165, 1.54) is 5.56 Å². The van der Waals surface area contributed by atoms with E-state index in [0.717, 1.165) is 38.0 Å².